The van der Waals surface area contributed by atoms with Gasteiger partial charge in [0.15, 0.2) is 0 Å². The third-order valence-electron chi connectivity index (χ3n) is 3.87. The highest BCUT2D eigenvalue weighted by Gasteiger charge is 2.45. The number of rotatable bonds is 3. The first kappa shape index (κ1) is 17.2. The number of halogens is 6. The fraction of sp³-hybridized carbons (Fsp3) is 0.571. The summed E-state index contributed by atoms with van der Waals surface area (Å²) in [5, 5.41) is 3.98. The van der Waals surface area contributed by atoms with Gasteiger partial charge in [0.1, 0.15) is 0 Å². The summed E-state index contributed by atoms with van der Waals surface area (Å²) >= 11 is 18.0. The Morgan fingerprint density at radius 3 is 2.33 bits per heavy atom. The summed E-state index contributed by atoms with van der Waals surface area (Å²) in [5.74, 6) is -1.32. The van der Waals surface area contributed by atoms with E-state index in [4.69, 9.17) is 34.8 Å². The van der Waals surface area contributed by atoms with Gasteiger partial charge in [0.25, 0.3) is 0 Å². The van der Waals surface area contributed by atoms with E-state index in [1.54, 1.807) is 12.1 Å². The van der Waals surface area contributed by atoms with E-state index in [-0.39, 0.29) is 18.0 Å². The average Bonchev–Trinajstić information content (AvgIpc) is 2.42. The Labute approximate surface area is 136 Å². The Morgan fingerprint density at radius 1 is 1.05 bits per heavy atom. The molecule has 1 saturated carbocycles. The molecule has 0 amide bonds. The van der Waals surface area contributed by atoms with Gasteiger partial charge in [-0.15, -0.1) is 0 Å². The van der Waals surface area contributed by atoms with Crippen LogP contribution in [-0.4, -0.2) is 12.2 Å². The van der Waals surface area contributed by atoms with Gasteiger partial charge in [0.2, 0.25) is 0 Å². The van der Waals surface area contributed by atoms with E-state index >= 15 is 0 Å². The predicted octanol–water partition coefficient (Wildman–Crippen LogP) is 5.86. The summed E-state index contributed by atoms with van der Waals surface area (Å²) in [7, 11) is 0. The normalized spacial score (nSPS) is 23.3. The molecule has 1 aliphatic carbocycles. The first-order valence-corrected chi connectivity index (χ1v) is 7.86. The van der Waals surface area contributed by atoms with Crippen molar-refractivity contribution in [1.82, 2.24) is 5.32 Å². The third kappa shape index (κ3) is 4.19. The van der Waals surface area contributed by atoms with Crippen LogP contribution in [0.5, 0.6) is 0 Å². The molecule has 1 aromatic rings. The van der Waals surface area contributed by atoms with Gasteiger partial charge in [-0.3, -0.25) is 0 Å². The molecule has 0 spiro atoms. The van der Waals surface area contributed by atoms with Crippen LogP contribution < -0.4 is 5.32 Å². The zero-order valence-electron chi connectivity index (χ0n) is 11.1. The molecule has 1 aromatic carbocycles. The summed E-state index contributed by atoms with van der Waals surface area (Å²) in [6.45, 7) is 0.176. The van der Waals surface area contributed by atoms with Crippen LogP contribution in [0, 0.1) is 5.92 Å². The molecule has 0 saturated heterocycles. The van der Waals surface area contributed by atoms with Crippen LogP contribution in [-0.2, 0) is 6.54 Å². The average molecular weight is 361 g/mol. The molecule has 1 N–H and O–H groups in total. The van der Waals surface area contributed by atoms with Gasteiger partial charge in [0, 0.05) is 23.2 Å². The van der Waals surface area contributed by atoms with Crippen LogP contribution >= 0.6 is 34.8 Å². The van der Waals surface area contributed by atoms with Crippen LogP contribution in [0.25, 0.3) is 0 Å². The minimum atomic E-state index is -4.18. The maximum Gasteiger partial charge on any atom is 0.393 e. The second-order valence-electron chi connectivity index (χ2n) is 5.24. The molecule has 0 radical (unpaired) electrons. The highest BCUT2D eigenvalue weighted by Crippen LogP contribution is 2.38. The highest BCUT2D eigenvalue weighted by molar-refractivity contribution is 6.44. The molecule has 0 aromatic heterocycles. The molecule has 0 heterocycles. The summed E-state index contributed by atoms with van der Waals surface area (Å²) in [6, 6.07) is 2.55. The lowest BCUT2D eigenvalue weighted by Gasteiger charge is -2.33. The van der Waals surface area contributed by atoms with Crippen molar-refractivity contribution >= 4 is 34.8 Å². The number of alkyl halides is 3. The Bertz CT molecular complexity index is 505. The molecule has 0 aliphatic heterocycles. The third-order valence-corrected chi connectivity index (χ3v) is 5.06. The molecule has 2 atom stereocenters. The van der Waals surface area contributed by atoms with Gasteiger partial charge in [-0.25, -0.2) is 0 Å². The molecular weight excluding hydrogens is 346 g/mol. The van der Waals surface area contributed by atoms with Crippen LogP contribution in [0.4, 0.5) is 13.2 Å². The maximum absolute atomic E-state index is 13.0. The number of nitrogens with one attached hydrogen (secondary N) is 1. The summed E-state index contributed by atoms with van der Waals surface area (Å²) in [5.41, 5.74) is 0.539. The van der Waals surface area contributed by atoms with Crippen LogP contribution in [0.1, 0.15) is 31.2 Å². The Hall–Kier alpha value is -0.160. The minimum absolute atomic E-state index is 0.165. The lowest BCUT2D eigenvalue weighted by molar-refractivity contribution is -0.189. The zero-order valence-corrected chi connectivity index (χ0v) is 13.4. The smallest absolute Gasteiger partial charge is 0.309 e. The maximum atomic E-state index is 13.0. The number of hydrogen-bond acceptors (Lipinski definition) is 1. The first-order chi connectivity index (χ1) is 9.80. The molecular formula is C14H15Cl3F3N. The Kier molecular flexibility index (Phi) is 5.69. The SMILES string of the molecule is FC(F)(F)C1CCCCC1NCc1c(Cl)ccc(Cl)c1Cl. The minimum Gasteiger partial charge on any atom is -0.309 e. The first-order valence-electron chi connectivity index (χ1n) is 6.73. The van der Waals surface area contributed by atoms with Crippen molar-refractivity contribution in [1.29, 1.82) is 0 Å². The molecule has 0 bridgehead atoms. The van der Waals surface area contributed by atoms with Gasteiger partial charge < -0.3 is 5.32 Å². The van der Waals surface area contributed by atoms with Crippen LogP contribution in [0.3, 0.4) is 0 Å². The van der Waals surface area contributed by atoms with Crippen molar-refractivity contribution in [3.8, 4) is 0 Å². The van der Waals surface area contributed by atoms with Crippen molar-refractivity contribution in [2.75, 3.05) is 0 Å². The van der Waals surface area contributed by atoms with E-state index in [1.807, 2.05) is 0 Å². The second kappa shape index (κ2) is 6.95. The molecule has 7 heteroatoms. The topological polar surface area (TPSA) is 12.0 Å². The molecule has 2 rings (SSSR count). The molecule has 2 unspecified atom stereocenters. The summed E-state index contributed by atoms with van der Waals surface area (Å²) in [4.78, 5) is 0. The molecule has 1 fully saturated rings. The number of hydrogen-bond donors (Lipinski definition) is 1. The molecule has 21 heavy (non-hydrogen) atoms. The standard InChI is InChI=1S/C14H15Cl3F3N/c15-10-5-6-11(16)13(17)8(10)7-21-12-4-2-1-3-9(12)14(18,19)20/h5-6,9,12,21H,1-4,7H2. The fourth-order valence-electron chi connectivity index (χ4n) is 2.73. The van der Waals surface area contributed by atoms with Crippen LogP contribution in [0.2, 0.25) is 15.1 Å². The van der Waals surface area contributed by atoms with Gasteiger partial charge in [-0.05, 0) is 25.0 Å². The lowest BCUT2D eigenvalue weighted by atomic mass is 9.84. The summed E-state index contributed by atoms with van der Waals surface area (Å²) in [6.07, 6.45) is -2.11. The van der Waals surface area contributed by atoms with E-state index < -0.39 is 18.1 Å². The van der Waals surface area contributed by atoms with Crippen molar-refractivity contribution in [2.45, 2.75) is 44.4 Å². The quantitative estimate of drug-likeness (QED) is 0.666. The Balaban J connectivity index is 2.10. The molecule has 118 valence electrons. The zero-order chi connectivity index (χ0) is 15.6. The van der Waals surface area contributed by atoms with E-state index in [2.05, 4.69) is 5.32 Å². The molecule has 1 aliphatic rings. The molecule has 1 nitrogen and oxygen atoms in total. The van der Waals surface area contributed by atoms with Gasteiger partial charge in [-0.1, -0.05) is 47.6 Å². The van der Waals surface area contributed by atoms with Gasteiger partial charge in [-0.2, -0.15) is 13.2 Å². The van der Waals surface area contributed by atoms with Crippen molar-refractivity contribution < 1.29 is 13.2 Å². The Morgan fingerprint density at radius 2 is 1.67 bits per heavy atom. The second-order valence-corrected chi connectivity index (χ2v) is 6.43. The summed E-state index contributed by atoms with van der Waals surface area (Å²) < 4.78 is 39.1. The van der Waals surface area contributed by atoms with E-state index in [9.17, 15) is 13.2 Å². The van der Waals surface area contributed by atoms with E-state index in [1.165, 1.54) is 0 Å². The van der Waals surface area contributed by atoms with Crippen LogP contribution in [0.15, 0.2) is 12.1 Å². The highest BCUT2D eigenvalue weighted by atomic mass is 35.5. The van der Waals surface area contributed by atoms with Crippen molar-refractivity contribution in [3.63, 3.8) is 0 Å². The van der Waals surface area contributed by atoms with Gasteiger partial charge in [0.05, 0.1) is 16.0 Å². The monoisotopic (exact) mass is 359 g/mol. The largest absolute Gasteiger partial charge is 0.393 e. The van der Waals surface area contributed by atoms with E-state index in [0.717, 1.165) is 6.42 Å². The van der Waals surface area contributed by atoms with E-state index in [0.29, 0.717) is 28.5 Å². The predicted molar refractivity (Wildman–Crippen MR) is 80.1 cm³/mol. The fourth-order valence-corrected chi connectivity index (χ4v) is 3.41. The van der Waals surface area contributed by atoms with Crippen molar-refractivity contribution in [2.24, 2.45) is 5.92 Å². The number of benzene rings is 1. The van der Waals surface area contributed by atoms with Gasteiger partial charge >= 0.3 is 6.18 Å². The van der Waals surface area contributed by atoms with Crippen molar-refractivity contribution in [3.05, 3.63) is 32.8 Å². The lowest BCUT2D eigenvalue weighted by Crippen LogP contribution is -2.45.